The van der Waals surface area contributed by atoms with Crippen LogP contribution in [0.1, 0.15) is 18.9 Å². The van der Waals surface area contributed by atoms with Gasteiger partial charge in [0.05, 0.1) is 6.10 Å². The van der Waals surface area contributed by atoms with Crippen molar-refractivity contribution in [3.8, 4) is 0 Å². The first-order valence-corrected chi connectivity index (χ1v) is 5.84. The number of nitrogens with two attached hydrogens (primary N) is 1. The summed E-state index contributed by atoms with van der Waals surface area (Å²) in [6.07, 6.45) is 2.89. The molecule has 1 aliphatic rings. The highest BCUT2D eigenvalue weighted by Gasteiger charge is 2.16. The summed E-state index contributed by atoms with van der Waals surface area (Å²) in [6.45, 7) is 4.69. The Hall–Kier alpha value is -1.62. The van der Waals surface area contributed by atoms with Crippen LogP contribution in [0.3, 0.4) is 0 Å². The van der Waals surface area contributed by atoms with Crippen LogP contribution in [-0.4, -0.2) is 36.6 Å². The van der Waals surface area contributed by atoms with E-state index in [0.717, 1.165) is 31.9 Å². The fourth-order valence-corrected chi connectivity index (χ4v) is 1.93. The van der Waals surface area contributed by atoms with E-state index >= 15 is 0 Å². The molecule has 0 aliphatic carbocycles. The van der Waals surface area contributed by atoms with Gasteiger partial charge in [-0.05, 0) is 25.5 Å². The summed E-state index contributed by atoms with van der Waals surface area (Å²) in [4.78, 5) is 6.56. The van der Waals surface area contributed by atoms with Gasteiger partial charge in [-0.1, -0.05) is 0 Å². The smallest absolute Gasteiger partial charge is 0.128 e. The Morgan fingerprint density at radius 2 is 2.41 bits per heavy atom. The molecule has 0 saturated carbocycles. The number of pyridine rings is 1. The minimum Gasteiger partial charge on any atom is -0.384 e. The Labute approximate surface area is 101 Å². The lowest BCUT2D eigenvalue weighted by atomic mass is 10.2. The molecule has 0 amide bonds. The van der Waals surface area contributed by atoms with Crippen LogP contribution in [0.4, 0.5) is 5.82 Å². The predicted octanol–water partition coefficient (Wildman–Crippen LogP) is 0.981. The van der Waals surface area contributed by atoms with Crippen LogP contribution >= 0.6 is 0 Å². The van der Waals surface area contributed by atoms with Crippen LogP contribution in [0.25, 0.3) is 0 Å². The molecule has 1 aromatic heterocycles. The number of hydrogen-bond donors (Lipinski definition) is 2. The SMILES string of the molecule is CC1CN(c2ccc(C(=N)N)cn2)CCCO1. The van der Waals surface area contributed by atoms with Crippen molar-refractivity contribution in [3.05, 3.63) is 23.9 Å². The second-order valence-electron chi connectivity index (χ2n) is 4.30. The number of nitrogens with zero attached hydrogens (tertiary/aromatic N) is 2. The van der Waals surface area contributed by atoms with E-state index in [1.54, 1.807) is 6.20 Å². The molecule has 2 rings (SSSR count). The molecule has 1 saturated heterocycles. The predicted molar refractivity (Wildman–Crippen MR) is 67.5 cm³/mol. The molecule has 0 bridgehead atoms. The molecule has 1 aromatic rings. The van der Waals surface area contributed by atoms with E-state index < -0.39 is 0 Å². The molecule has 3 N–H and O–H groups in total. The van der Waals surface area contributed by atoms with E-state index in [0.29, 0.717) is 5.56 Å². The number of nitrogens with one attached hydrogen (secondary N) is 1. The Balaban J connectivity index is 2.12. The number of nitrogen functional groups attached to an aromatic ring is 1. The van der Waals surface area contributed by atoms with Gasteiger partial charge in [0, 0.05) is 31.5 Å². The summed E-state index contributed by atoms with van der Waals surface area (Å²) in [5.74, 6) is 0.976. The van der Waals surface area contributed by atoms with Crippen molar-refractivity contribution in [1.82, 2.24) is 4.98 Å². The third-order valence-corrected chi connectivity index (χ3v) is 2.84. The van der Waals surface area contributed by atoms with Gasteiger partial charge in [0.25, 0.3) is 0 Å². The van der Waals surface area contributed by atoms with E-state index in [-0.39, 0.29) is 11.9 Å². The van der Waals surface area contributed by atoms with Gasteiger partial charge in [-0.2, -0.15) is 0 Å². The summed E-state index contributed by atoms with van der Waals surface area (Å²) < 4.78 is 5.59. The van der Waals surface area contributed by atoms with E-state index in [4.69, 9.17) is 15.9 Å². The number of ether oxygens (including phenoxy) is 1. The third-order valence-electron chi connectivity index (χ3n) is 2.84. The first kappa shape index (κ1) is 11.9. The topological polar surface area (TPSA) is 75.2 Å². The summed E-state index contributed by atoms with van der Waals surface area (Å²) in [5.41, 5.74) is 6.06. The van der Waals surface area contributed by atoms with Crippen molar-refractivity contribution in [3.63, 3.8) is 0 Å². The maximum Gasteiger partial charge on any atom is 0.128 e. The second-order valence-corrected chi connectivity index (χ2v) is 4.30. The van der Waals surface area contributed by atoms with Crippen molar-refractivity contribution in [2.45, 2.75) is 19.4 Å². The third kappa shape index (κ3) is 2.94. The highest BCUT2D eigenvalue weighted by Crippen LogP contribution is 2.15. The van der Waals surface area contributed by atoms with Crippen LogP contribution in [-0.2, 0) is 4.74 Å². The molecule has 0 aromatic carbocycles. The number of rotatable bonds is 2. The molecule has 0 spiro atoms. The number of hydrogen-bond acceptors (Lipinski definition) is 4. The Morgan fingerprint density at radius 1 is 1.59 bits per heavy atom. The molecule has 92 valence electrons. The van der Waals surface area contributed by atoms with Gasteiger partial charge < -0.3 is 15.4 Å². The van der Waals surface area contributed by atoms with E-state index in [1.165, 1.54) is 0 Å². The van der Waals surface area contributed by atoms with Crippen LogP contribution in [0.2, 0.25) is 0 Å². The lowest BCUT2D eigenvalue weighted by Gasteiger charge is -2.23. The summed E-state index contributed by atoms with van der Waals surface area (Å²) in [5, 5.41) is 7.32. The van der Waals surface area contributed by atoms with Crippen LogP contribution < -0.4 is 10.6 Å². The number of aromatic nitrogens is 1. The lowest BCUT2D eigenvalue weighted by molar-refractivity contribution is 0.0820. The first-order chi connectivity index (χ1) is 8.16. The van der Waals surface area contributed by atoms with Crippen molar-refractivity contribution < 1.29 is 4.74 Å². The summed E-state index contributed by atoms with van der Waals surface area (Å²) in [6, 6.07) is 3.75. The monoisotopic (exact) mass is 234 g/mol. The van der Waals surface area contributed by atoms with Gasteiger partial charge in [0.15, 0.2) is 0 Å². The molecule has 1 atom stereocenters. The van der Waals surface area contributed by atoms with Crippen LogP contribution in [0, 0.1) is 5.41 Å². The summed E-state index contributed by atoms with van der Waals surface area (Å²) in [7, 11) is 0. The molecule has 5 nitrogen and oxygen atoms in total. The van der Waals surface area contributed by atoms with Gasteiger partial charge in [-0.15, -0.1) is 0 Å². The van der Waals surface area contributed by atoms with Crippen molar-refractivity contribution in [1.29, 1.82) is 5.41 Å². The highest BCUT2D eigenvalue weighted by molar-refractivity contribution is 5.94. The number of anilines is 1. The zero-order valence-electron chi connectivity index (χ0n) is 10.0. The standard InChI is InChI=1S/C12H18N4O/c1-9-8-16(5-2-6-17-9)11-4-3-10(7-15-11)12(13)14/h3-4,7,9H,2,5-6,8H2,1H3,(H3,13,14). The molecule has 1 unspecified atom stereocenters. The molecular weight excluding hydrogens is 216 g/mol. The highest BCUT2D eigenvalue weighted by atomic mass is 16.5. The molecule has 1 fully saturated rings. The Bertz CT molecular complexity index is 390. The summed E-state index contributed by atoms with van der Waals surface area (Å²) >= 11 is 0. The van der Waals surface area contributed by atoms with Crippen LogP contribution in [0.15, 0.2) is 18.3 Å². The molecule has 0 radical (unpaired) electrons. The van der Waals surface area contributed by atoms with Crippen LogP contribution in [0.5, 0.6) is 0 Å². The van der Waals surface area contributed by atoms with Crippen molar-refractivity contribution >= 4 is 11.7 Å². The zero-order valence-corrected chi connectivity index (χ0v) is 10.0. The van der Waals surface area contributed by atoms with E-state index in [1.807, 2.05) is 12.1 Å². The van der Waals surface area contributed by atoms with Crippen molar-refractivity contribution in [2.24, 2.45) is 5.73 Å². The molecule has 17 heavy (non-hydrogen) atoms. The Morgan fingerprint density at radius 3 is 3.06 bits per heavy atom. The minimum absolute atomic E-state index is 0.0524. The largest absolute Gasteiger partial charge is 0.384 e. The first-order valence-electron chi connectivity index (χ1n) is 5.84. The van der Waals surface area contributed by atoms with Gasteiger partial charge in [-0.25, -0.2) is 4.98 Å². The Kier molecular flexibility index (Phi) is 3.58. The van der Waals surface area contributed by atoms with Gasteiger partial charge >= 0.3 is 0 Å². The second kappa shape index (κ2) is 5.14. The normalized spacial score (nSPS) is 21.0. The fraction of sp³-hybridized carbons (Fsp3) is 0.500. The average Bonchev–Trinajstić information content (AvgIpc) is 2.54. The molecule has 1 aliphatic heterocycles. The number of amidine groups is 1. The fourth-order valence-electron chi connectivity index (χ4n) is 1.93. The minimum atomic E-state index is 0.0524. The maximum absolute atomic E-state index is 7.32. The molecular formula is C12H18N4O. The van der Waals surface area contributed by atoms with E-state index in [9.17, 15) is 0 Å². The maximum atomic E-state index is 7.32. The zero-order chi connectivity index (χ0) is 12.3. The quantitative estimate of drug-likeness (QED) is 0.591. The molecule has 2 heterocycles. The molecule has 5 heteroatoms. The van der Waals surface area contributed by atoms with Crippen molar-refractivity contribution in [2.75, 3.05) is 24.6 Å². The van der Waals surface area contributed by atoms with Gasteiger partial charge in [-0.3, -0.25) is 5.41 Å². The van der Waals surface area contributed by atoms with Gasteiger partial charge in [0.2, 0.25) is 0 Å². The average molecular weight is 234 g/mol. The van der Waals surface area contributed by atoms with Gasteiger partial charge in [0.1, 0.15) is 11.7 Å². The van der Waals surface area contributed by atoms with E-state index in [2.05, 4.69) is 16.8 Å². The lowest BCUT2D eigenvalue weighted by Crippen LogP contribution is -2.30.